The van der Waals surface area contributed by atoms with E-state index in [4.69, 9.17) is 0 Å². The fourth-order valence-corrected chi connectivity index (χ4v) is 3.65. The lowest BCUT2D eigenvalue weighted by Crippen LogP contribution is -2.42. The van der Waals surface area contributed by atoms with Gasteiger partial charge in [-0.1, -0.05) is 36.4 Å². The third-order valence-electron chi connectivity index (χ3n) is 5.01. The fourth-order valence-electron chi connectivity index (χ4n) is 3.65. The summed E-state index contributed by atoms with van der Waals surface area (Å²) in [5, 5.41) is 14.2. The second-order valence-electron chi connectivity index (χ2n) is 6.87. The van der Waals surface area contributed by atoms with E-state index in [1.165, 1.54) is 11.1 Å². The third kappa shape index (κ3) is 3.49. The molecule has 1 atom stereocenters. The molecule has 0 unspecified atom stereocenters. The smallest absolute Gasteiger partial charge is 0.253 e. The maximum atomic E-state index is 12.5. The highest BCUT2D eigenvalue weighted by Gasteiger charge is 2.19. The van der Waals surface area contributed by atoms with E-state index in [9.17, 15) is 9.90 Å². The topological polar surface area (TPSA) is 68.4 Å². The van der Waals surface area contributed by atoms with Crippen molar-refractivity contribution in [2.45, 2.75) is 19.1 Å². The van der Waals surface area contributed by atoms with Crippen LogP contribution in [0.4, 0.5) is 0 Å². The van der Waals surface area contributed by atoms with Gasteiger partial charge in [-0.25, -0.2) is 0 Å². The Balaban J connectivity index is 1.32. The lowest BCUT2D eigenvalue weighted by molar-refractivity contribution is 0.0843. The second-order valence-corrected chi connectivity index (χ2v) is 6.87. The summed E-state index contributed by atoms with van der Waals surface area (Å²) in [6, 6.07) is 16.0. The van der Waals surface area contributed by atoms with E-state index in [-0.39, 0.29) is 12.5 Å². The first-order chi connectivity index (χ1) is 12.7. The quantitative estimate of drug-likeness (QED) is 0.662. The molecule has 1 aliphatic rings. The van der Waals surface area contributed by atoms with Crippen LogP contribution in [0, 0.1) is 0 Å². The molecule has 1 amide bonds. The number of H-pyrrole nitrogens is 1. The second kappa shape index (κ2) is 7.32. The number of carbonyl (C=O) groups is 1. The summed E-state index contributed by atoms with van der Waals surface area (Å²) in [5.74, 6) is -0.166. The molecule has 3 N–H and O–H groups in total. The number of carbonyl (C=O) groups excluding carboxylic acids is 1. The van der Waals surface area contributed by atoms with Gasteiger partial charge in [-0.3, -0.25) is 9.69 Å². The Hall–Kier alpha value is -2.63. The summed E-state index contributed by atoms with van der Waals surface area (Å²) in [6.45, 7) is 2.59. The zero-order chi connectivity index (χ0) is 17.9. The minimum atomic E-state index is -0.591. The van der Waals surface area contributed by atoms with Gasteiger partial charge in [-0.15, -0.1) is 0 Å². The fraction of sp³-hybridized carbons (Fsp3) is 0.286. The van der Waals surface area contributed by atoms with Gasteiger partial charge in [-0.2, -0.15) is 0 Å². The number of aliphatic hydroxyl groups excluding tert-OH is 1. The molecule has 1 aromatic heterocycles. The minimum Gasteiger partial charge on any atom is -0.390 e. The van der Waals surface area contributed by atoms with Crippen molar-refractivity contribution in [1.82, 2.24) is 15.2 Å². The van der Waals surface area contributed by atoms with E-state index in [0.717, 1.165) is 30.4 Å². The van der Waals surface area contributed by atoms with Gasteiger partial charge in [0.1, 0.15) is 0 Å². The predicted octanol–water partition coefficient (Wildman–Crippen LogP) is 2.32. The normalized spacial score (nSPS) is 15.6. The van der Waals surface area contributed by atoms with Crippen molar-refractivity contribution in [2.24, 2.45) is 0 Å². The highest BCUT2D eigenvalue weighted by atomic mass is 16.3. The van der Waals surface area contributed by atoms with E-state index in [1.54, 1.807) is 6.07 Å². The van der Waals surface area contributed by atoms with Crippen LogP contribution in [-0.4, -0.2) is 46.6 Å². The molecule has 0 fully saturated rings. The van der Waals surface area contributed by atoms with Gasteiger partial charge in [0.15, 0.2) is 0 Å². The van der Waals surface area contributed by atoms with Gasteiger partial charge in [0.05, 0.1) is 17.2 Å². The summed E-state index contributed by atoms with van der Waals surface area (Å²) >= 11 is 0. The summed E-state index contributed by atoms with van der Waals surface area (Å²) in [5.41, 5.74) is 4.15. The first-order valence-electron chi connectivity index (χ1n) is 9.02. The van der Waals surface area contributed by atoms with Crippen LogP contribution in [0.3, 0.4) is 0 Å². The van der Waals surface area contributed by atoms with Gasteiger partial charge >= 0.3 is 0 Å². The summed E-state index contributed by atoms with van der Waals surface area (Å²) in [7, 11) is 0. The maximum Gasteiger partial charge on any atom is 0.253 e. The van der Waals surface area contributed by atoms with Crippen LogP contribution in [0.15, 0.2) is 54.7 Å². The predicted molar refractivity (Wildman–Crippen MR) is 102 cm³/mol. The maximum absolute atomic E-state index is 12.5. The van der Waals surface area contributed by atoms with Crippen LogP contribution in [0.25, 0.3) is 10.9 Å². The van der Waals surface area contributed by atoms with Gasteiger partial charge < -0.3 is 15.4 Å². The average molecular weight is 349 g/mol. The Bertz CT molecular complexity index is 918. The molecule has 4 rings (SSSR count). The number of rotatable bonds is 5. The Kier molecular flexibility index (Phi) is 4.73. The Morgan fingerprint density at radius 2 is 2.00 bits per heavy atom. The van der Waals surface area contributed by atoms with Crippen molar-refractivity contribution in [3.8, 4) is 0 Å². The molecular weight excluding hydrogens is 326 g/mol. The molecule has 3 aromatic rings. The van der Waals surface area contributed by atoms with Crippen molar-refractivity contribution in [3.63, 3.8) is 0 Å². The molecule has 5 heteroatoms. The number of β-amino-alcohol motifs (C(OH)–C–C–N with tert-alkyl or cyclic N) is 1. The number of aliphatic hydroxyl groups is 1. The number of nitrogens with zero attached hydrogens (tertiary/aromatic N) is 1. The van der Waals surface area contributed by atoms with Crippen molar-refractivity contribution < 1.29 is 9.90 Å². The first kappa shape index (κ1) is 16.8. The lowest BCUT2D eigenvalue weighted by Gasteiger charge is -2.30. The monoisotopic (exact) mass is 349 g/mol. The molecule has 5 nitrogen and oxygen atoms in total. The molecule has 134 valence electrons. The highest BCUT2D eigenvalue weighted by Crippen LogP contribution is 2.19. The zero-order valence-corrected chi connectivity index (χ0v) is 14.6. The number of aromatic amines is 1. The molecule has 0 aliphatic carbocycles. The standard InChI is InChI=1S/C21H23N3O2/c25-18(14-24-11-9-15-4-1-2-5-17(15)13-24)12-23-21(26)19-7-3-6-16-8-10-22-20(16)19/h1-8,10,18,22,25H,9,11-14H2,(H,23,26)/t18-/m1/s1. The van der Waals surface area contributed by atoms with Crippen LogP contribution in [-0.2, 0) is 13.0 Å². The SMILES string of the molecule is O=C(NC[C@@H](O)CN1CCc2ccccc2C1)c1cccc2cc[nH]c12. The van der Waals surface area contributed by atoms with Gasteiger partial charge in [0.25, 0.3) is 5.91 Å². The van der Waals surface area contributed by atoms with Crippen molar-refractivity contribution >= 4 is 16.8 Å². The van der Waals surface area contributed by atoms with E-state index >= 15 is 0 Å². The molecule has 1 aliphatic heterocycles. The number of para-hydroxylation sites is 1. The van der Waals surface area contributed by atoms with Crippen molar-refractivity contribution in [1.29, 1.82) is 0 Å². The van der Waals surface area contributed by atoms with Gasteiger partial charge in [0, 0.05) is 37.8 Å². The molecule has 2 aromatic carbocycles. The number of fused-ring (bicyclic) bond motifs is 2. The van der Waals surface area contributed by atoms with Crippen LogP contribution >= 0.6 is 0 Å². The molecule has 0 spiro atoms. The van der Waals surface area contributed by atoms with E-state index < -0.39 is 6.10 Å². The van der Waals surface area contributed by atoms with Crippen LogP contribution in [0.2, 0.25) is 0 Å². The summed E-state index contributed by atoms with van der Waals surface area (Å²) in [4.78, 5) is 17.8. The number of hydrogen-bond acceptors (Lipinski definition) is 3. The Labute approximate surface area is 152 Å². The summed E-state index contributed by atoms with van der Waals surface area (Å²) in [6.07, 6.45) is 2.24. The van der Waals surface area contributed by atoms with Crippen LogP contribution < -0.4 is 5.32 Å². The minimum absolute atomic E-state index is 0.166. The van der Waals surface area contributed by atoms with Gasteiger partial charge in [0.2, 0.25) is 0 Å². The average Bonchev–Trinajstić information content (AvgIpc) is 3.15. The highest BCUT2D eigenvalue weighted by molar-refractivity contribution is 6.05. The van der Waals surface area contributed by atoms with E-state index in [0.29, 0.717) is 12.1 Å². The lowest BCUT2D eigenvalue weighted by atomic mass is 10.00. The molecule has 0 saturated carbocycles. The van der Waals surface area contributed by atoms with Crippen molar-refractivity contribution in [3.05, 3.63) is 71.4 Å². The number of amides is 1. The molecule has 0 bridgehead atoms. The summed E-state index contributed by atoms with van der Waals surface area (Å²) < 4.78 is 0. The molecule has 0 saturated heterocycles. The number of hydrogen-bond donors (Lipinski definition) is 3. The third-order valence-corrected chi connectivity index (χ3v) is 5.01. The Morgan fingerprint density at radius 3 is 2.88 bits per heavy atom. The number of nitrogens with one attached hydrogen (secondary N) is 2. The molecular formula is C21H23N3O2. The van der Waals surface area contributed by atoms with Gasteiger partial charge in [-0.05, 0) is 29.7 Å². The van der Waals surface area contributed by atoms with Crippen LogP contribution in [0.1, 0.15) is 21.5 Å². The number of benzene rings is 2. The Morgan fingerprint density at radius 1 is 1.15 bits per heavy atom. The largest absolute Gasteiger partial charge is 0.390 e. The van der Waals surface area contributed by atoms with E-state index in [1.807, 2.05) is 24.4 Å². The first-order valence-corrected chi connectivity index (χ1v) is 9.02. The molecule has 0 radical (unpaired) electrons. The van der Waals surface area contributed by atoms with E-state index in [2.05, 4.69) is 39.5 Å². The number of aromatic nitrogens is 1. The molecule has 26 heavy (non-hydrogen) atoms. The zero-order valence-electron chi connectivity index (χ0n) is 14.6. The van der Waals surface area contributed by atoms with Crippen molar-refractivity contribution in [2.75, 3.05) is 19.6 Å². The van der Waals surface area contributed by atoms with Crippen LogP contribution in [0.5, 0.6) is 0 Å². The molecule has 2 heterocycles.